The molecule has 0 bridgehead atoms. The van der Waals surface area contributed by atoms with Crippen molar-refractivity contribution in [1.29, 1.82) is 0 Å². The molecule has 0 fully saturated rings. The molecule has 0 aliphatic rings. The standard InChI is InChI=1S/C11H14N2O4/c1-7(2)12(3)8-4-5-9(11(14)15)10(6-8)13(16)17/h4-7H,1-3H3,(H,14,15). The molecular weight excluding hydrogens is 224 g/mol. The molecule has 6 heteroatoms. The van der Waals surface area contributed by atoms with Crippen molar-refractivity contribution < 1.29 is 14.8 Å². The number of hydrogen-bond donors (Lipinski definition) is 1. The van der Waals surface area contributed by atoms with Crippen molar-refractivity contribution in [3.63, 3.8) is 0 Å². The SMILES string of the molecule is CC(C)N(C)c1ccc(C(=O)O)c([N+](=O)[O-])c1. The van der Waals surface area contributed by atoms with Crippen LogP contribution in [0.2, 0.25) is 0 Å². The number of carboxylic acid groups (broad SMARTS) is 1. The lowest BCUT2D eigenvalue weighted by Gasteiger charge is -2.23. The van der Waals surface area contributed by atoms with E-state index >= 15 is 0 Å². The normalized spacial score (nSPS) is 10.4. The van der Waals surface area contributed by atoms with E-state index in [9.17, 15) is 14.9 Å². The molecule has 17 heavy (non-hydrogen) atoms. The second-order valence-electron chi connectivity index (χ2n) is 3.97. The van der Waals surface area contributed by atoms with Crippen molar-refractivity contribution in [3.8, 4) is 0 Å². The van der Waals surface area contributed by atoms with Gasteiger partial charge in [-0.3, -0.25) is 10.1 Å². The smallest absolute Gasteiger partial charge is 0.342 e. The van der Waals surface area contributed by atoms with Gasteiger partial charge in [-0.05, 0) is 26.0 Å². The van der Waals surface area contributed by atoms with Gasteiger partial charge >= 0.3 is 5.97 Å². The number of nitrogens with zero attached hydrogens (tertiary/aromatic N) is 2. The van der Waals surface area contributed by atoms with Crippen LogP contribution in [0.4, 0.5) is 11.4 Å². The molecule has 6 nitrogen and oxygen atoms in total. The molecule has 0 spiro atoms. The van der Waals surface area contributed by atoms with Crippen molar-refractivity contribution >= 4 is 17.3 Å². The quantitative estimate of drug-likeness (QED) is 0.641. The minimum Gasteiger partial charge on any atom is -0.477 e. The molecule has 0 aliphatic heterocycles. The second kappa shape index (κ2) is 4.82. The van der Waals surface area contributed by atoms with E-state index in [2.05, 4.69) is 0 Å². The number of benzene rings is 1. The Morgan fingerprint density at radius 2 is 2.06 bits per heavy atom. The third-order valence-electron chi connectivity index (χ3n) is 2.59. The van der Waals surface area contributed by atoms with Crippen LogP contribution in [0.3, 0.4) is 0 Å². The van der Waals surface area contributed by atoms with Crippen LogP contribution in [-0.4, -0.2) is 29.1 Å². The van der Waals surface area contributed by atoms with Crippen LogP contribution >= 0.6 is 0 Å². The molecule has 92 valence electrons. The summed E-state index contributed by atoms with van der Waals surface area (Å²) in [4.78, 5) is 22.8. The average molecular weight is 238 g/mol. The lowest BCUT2D eigenvalue weighted by molar-refractivity contribution is -0.385. The Hall–Kier alpha value is -2.11. The van der Waals surface area contributed by atoms with Crippen molar-refractivity contribution in [1.82, 2.24) is 0 Å². The molecule has 0 amide bonds. The fraction of sp³-hybridized carbons (Fsp3) is 0.364. The zero-order valence-corrected chi connectivity index (χ0v) is 9.88. The number of anilines is 1. The van der Waals surface area contributed by atoms with Crippen LogP contribution in [0.5, 0.6) is 0 Å². The molecule has 0 heterocycles. The molecule has 0 unspecified atom stereocenters. The molecule has 1 N–H and O–H groups in total. The monoisotopic (exact) mass is 238 g/mol. The number of aromatic carboxylic acids is 1. The van der Waals surface area contributed by atoms with Crippen LogP contribution in [0, 0.1) is 10.1 Å². The lowest BCUT2D eigenvalue weighted by atomic mass is 10.1. The third kappa shape index (κ3) is 2.72. The van der Waals surface area contributed by atoms with E-state index in [0.29, 0.717) is 5.69 Å². The maximum atomic E-state index is 10.8. The second-order valence-corrected chi connectivity index (χ2v) is 3.97. The highest BCUT2D eigenvalue weighted by atomic mass is 16.6. The summed E-state index contributed by atoms with van der Waals surface area (Å²) in [7, 11) is 1.80. The van der Waals surface area contributed by atoms with Crippen LogP contribution < -0.4 is 4.90 Å². The molecule has 1 aromatic carbocycles. The summed E-state index contributed by atoms with van der Waals surface area (Å²) in [6, 6.07) is 4.28. The highest BCUT2D eigenvalue weighted by molar-refractivity contribution is 5.93. The number of carbonyl (C=O) groups is 1. The summed E-state index contributed by atoms with van der Waals surface area (Å²) in [6.07, 6.45) is 0. The van der Waals surface area contributed by atoms with E-state index in [4.69, 9.17) is 5.11 Å². The number of rotatable bonds is 4. The van der Waals surface area contributed by atoms with Gasteiger partial charge in [-0.1, -0.05) is 0 Å². The first-order valence-electron chi connectivity index (χ1n) is 5.09. The van der Waals surface area contributed by atoms with E-state index in [0.717, 1.165) is 0 Å². The molecule has 0 saturated carbocycles. The zero-order valence-electron chi connectivity index (χ0n) is 9.88. The predicted octanol–water partition coefficient (Wildman–Crippen LogP) is 2.14. The third-order valence-corrected chi connectivity index (χ3v) is 2.59. The Bertz CT molecular complexity index is 457. The van der Waals surface area contributed by atoms with E-state index in [1.54, 1.807) is 13.1 Å². The van der Waals surface area contributed by atoms with Gasteiger partial charge in [0.15, 0.2) is 0 Å². The Morgan fingerprint density at radius 1 is 1.47 bits per heavy atom. The van der Waals surface area contributed by atoms with Crippen molar-refractivity contribution in [2.45, 2.75) is 19.9 Å². The van der Waals surface area contributed by atoms with Gasteiger partial charge in [-0.15, -0.1) is 0 Å². The average Bonchev–Trinajstić information content (AvgIpc) is 2.26. The van der Waals surface area contributed by atoms with Crippen LogP contribution in [0.15, 0.2) is 18.2 Å². The summed E-state index contributed by atoms with van der Waals surface area (Å²) in [5, 5.41) is 19.6. The van der Waals surface area contributed by atoms with Crippen molar-refractivity contribution in [2.75, 3.05) is 11.9 Å². The number of hydrogen-bond acceptors (Lipinski definition) is 4. The van der Waals surface area contributed by atoms with E-state index in [1.807, 2.05) is 18.7 Å². The Morgan fingerprint density at radius 3 is 2.47 bits per heavy atom. The first kappa shape index (κ1) is 13.0. The molecule has 0 saturated heterocycles. The fourth-order valence-corrected chi connectivity index (χ4v) is 1.37. The Balaban J connectivity index is 3.28. The summed E-state index contributed by atoms with van der Waals surface area (Å²) in [6.45, 7) is 3.88. The molecule has 0 radical (unpaired) electrons. The van der Waals surface area contributed by atoms with Gasteiger partial charge in [-0.2, -0.15) is 0 Å². The highest BCUT2D eigenvalue weighted by Crippen LogP contribution is 2.26. The first-order valence-corrected chi connectivity index (χ1v) is 5.09. The maximum absolute atomic E-state index is 10.8. The number of nitro benzene ring substituents is 1. The summed E-state index contributed by atoms with van der Waals surface area (Å²) in [5.74, 6) is -1.30. The lowest BCUT2D eigenvalue weighted by Crippen LogP contribution is -2.25. The molecule has 1 aromatic rings. The van der Waals surface area contributed by atoms with Gasteiger partial charge in [-0.25, -0.2) is 4.79 Å². The van der Waals surface area contributed by atoms with E-state index < -0.39 is 10.9 Å². The van der Waals surface area contributed by atoms with Crippen LogP contribution in [0.1, 0.15) is 24.2 Å². The van der Waals surface area contributed by atoms with Gasteiger partial charge < -0.3 is 10.0 Å². The van der Waals surface area contributed by atoms with Crippen LogP contribution in [0.25, 0.3) is 0 Å². The minimum absolute atomic E-state index is 0.172. The molecular formula is C11H14N2O4. The molecule has 0 aliphatic carbocycles. The minimum atomic E-state index is -1.30. The zero-order chi connectivity index (χ0) is 13.2. The molecule has 0 atom stereocenters. The maximum Gasteiger partial charge on any atom is 0.342 e. The van der Waals surface area contributed by atoms with Gasteiger partial charge in [0, 0.05) is 24.8 Å². The van der Waals surface area contributed by atoms with E-state index in [-0.39, 0.29) is 17.3 Å². The van der Waals surface area contributed by atoms with Crippen molar-refractivity contribution in [2.24, 2.45) is 0 Å². The summed E-state index contributed by atoms with van der Waals surface area (Å²) < 4.78 is 0. The van der Waals surface area contributed by atoms with Crippen LogP contribution in [-0.2, 0) is 0 Å². The van der Waals surface area contributed by atoms with Crippen molar-refractivity contribution in [3.05, 3.63) is 33.9 Å². The van der Waals surface area contributed by atoms with Gasteiger partial charge in [0.1, 0.15) is 5.56 Å². The van der Waals surface area contributed by atoms with Gasteiger partial charge in [0.05, 0.1) is 4.92 Å². The van der Waals surface area contributed by atoms with E-state index in [1.165, 1.54) is 12.1 Å². The topological polar surface area (TPSA) is 83.7 Å². The predicted molar refractivity (Wildman–Crippen MR) is 63.6 cm³/mol. The first-order chi connectivity index (χ1) is 7.84. The van der Waals surface area contributed by atoms with Gasteiger partial charge in [0.25, 0.3) is 5.69 Å². The Kier molecular flexibility index (Phi) is 3.67. The summed E-state index contributed by atoms with van der Waals surface area (Å²) >= 11 is 0. The summed E-state index contributed by atoms with van der Waals surface area (Å²) in [5.41, 5.74) is -0.0601. The number of nitro groups is 1. The van der Waals surface area contributed by atoms with Gasteiger partial charge in [0.2, 0.25) is 0 Å². The molecule has 1 rings (SSSR count). The Labute approximate surface area is 98.6 Å². The largest absolute Gasteiger partial charge is 0.477 e. The molecule has 0 aromatic heterocycles. The highest BCUT2D eigenvalue weighted by Gasteiger charge is 2.21. The number of carboxylic acids is 1. The fourth-order valence-electron chi connectivity index (χ4n) is 1.37.